The third-order valence-electron chi connectivity index (χ3n) is 2.32. The van der Waals surface area contributed by atoms with Gasteiger partial charge in [0, 0.05) is 25.7 Å². The Morgan fingerprint density at radius 2 is 2.08 bits per heavy atom. The summed E-state index contributed by atoms with van der Waals surface area (Å²) in [5, 5.41) is 26.8. The molecule has 1 heterocycles. The van der Waals surface area contributed by atoms with Crippen molar-refractivity contribution in [2.24, 2.45) is 0 Å². The summed E-state index contributed by atoms with van der Waals surface area (Å²) in [6.45, 7) is 1.66. The van der Waals surface area contributed by atoms with E-state index in [0.29, 0.717) is 19.4 Å². The van der Waals surface area contributed by atoms with E-state index in [4.69, 9.17) is 10.2 Å². The lowest BCUT2D eigenvalue weighted by Crippen LogP contribution is -2.33. The van der Waals surface area contributed by atoms with Gasteiger partial charge in [-0.15, -0.1) is 0 Å². The lowest BCUT2D eigenvalue weighted by atomic mass is 10.2. The molecule has 2 atom stereocenters. The van der Waals surface area contributed by atoms with Crippen molar-refractivity contribution in [2.45, 2.75) is 25.0 Å². The summed E-state index contributed by atoms with van der Waals surface area (Å²) in [6.07, 6.45) is 1.06. The topological polar surface area (TPSA) is 63.9 Å². The van der Waals surface area contributed by atoms with Crippen molar-refractivity contribution in [3.8, 4) is 0 Å². The van der Waals surface area contributed by atoms with Gasteiger partial charge in [-0.05, 0) is 12.8 Å². The zero-order valence-corrected chi connectivity index (χ0v) is 7.19. The Labute approximate surface area is 72.4 Å². The van der Waals surface area contributed by atoms with Gasteiger partial charge in [-0.2, -0.15) is 0 Å². The second-order valence-electron chi connectivity index (χ2n) is 3.30. The number of aliphatic hydroxyl groups excluding tert-OH is 3. The maximum atomic E-state index is 9.29. The van der Waals surface area contributed by atoms with E-state index in [-0.39, 0.29) is 25.4 Å². The molecule has 0 saturated carbocycles. The van der Waals surface area contributed by atoms with Gasteiger partial charge in [-0.3, -0.25) is 4.90 Å². The van der Waals surface area contributed by atoms with Crippen molar-refractivity contribution in [3.63, 3.8) is 0 Å². The summed E-state index contributed by atoms with van der Waals surface area (Å²) in [4.78, 5) is 2.03. The average Bonchev–Trinajstić information content (AvgIpc) is 2.42. The maximum absolute atomic E-state index is 9.29. The summed E-state index contributed by atoms with van der Waals surface area (Å²) in [7, 11) is 0. The zero-order chi connectivity index (χ0) is 8.97. The first-order valence-electron chi connectivity index (χ1n) is 4.41. The van der Waals surface area contributed by atoms with Crippen LogP contribution in [0, 0.1) is 0 Å². The number of hydrogen-bond donors (Lipinski definition) is 3. The molecule has 1 fully saturated rings. The van der Waals surface area contributed by atoms with Gasteiger partial charge in [-0.1, -0.05) is 0 Å². The van der Waals surface area contributed by atoms with Crippen LogP contribution >= 0.6 is 0 Å². The number of rotatable bonds is 4. The van der Waals surface area contributed by atoms with Gasteiger partial charge in [0.25, 0.3) is 0 Å². The van der Waals surface area contributed by atoms with E-state index < -0.39 is 0 Å². The molecule has 0 aliphatic carbocycles. The van der Waals surface area contributed by atoms with Crippen molar-refractivity contribution in [1.29, 1.82) is 0 Å². The van der Waals surface area contributed by atoms with Crippen molar-refractivity contribution in [3.05, 3.63) is 0 Å². The first kappa shape index (κ1) is 9.92. The number of nitrogens with zero attached hydrogens (tertiary/aromatic N) is 1. The molecule has 12 heavy (non-hydrogen) atoms. The van der Waals surface area contributed by atoms with Gasteiger partial charge in [0.2, 0.25) is 0 Å². The van der Waals surface area contributed by atoms with E-state index >= 15 is 0 Å². The minimum atomic E-state index is -0.305. The molecule has 1 rings (SSSR count). The Balaban J connectivity index is 2.30. The molecule has 3 N–H and O–H groups in total. The van der Waals surface area contributed by atoms with Crippen molar-refractivity contribution in [2.75, 3.05) is 26.3 Å². The van der Waals surface area contributed by atoms with Crippen LogP contribution in [-0.2, 0) is 0 Å². The molecule has 0 radical (unpaired) electrons. The number of β-amino-alcohol motifs (C(OH)–C–C–N with tert-alkyl or cyclic N) is 1. The molecular formula is C8H17NO3. The second kappa shape index (κ2) is 4.77. The van der Waals surface area contributed by atoms with Crippen LogP contribution < -0.4 is 0 Å². The average molecular weight is 175 g/mol. The Morgan fingerprint density at radius 1 is 1.33 bits per heavy atom. The fraction of sp³-hybridized carbons (Fsp3) is 1.00. The predicted molar refractivity (Wildman–Crippen MR) is 44.8 cm³/mol. The standard InChI is InChI=1S/C8H17NO3/c10-3-1-2-9-5-8(12)4-7(9)6-11/h7-8,10-12H,1-6H2/t7-,8-/m1/s1. The number of likely N-dealkylation sites (tertiary alicyclic amines) is 1. The second-order valence-corrected chi connectivity index (χ2v) is 3.30. The van der Waals surface area contributed by atoms with Crippen molar-refractivity contribution < 1.29 is 15.3 Å². The highest BCUT2D eigenvalue weighted by molar-refractivity contribution is 4.84. The maximum Gasteiger partial charge on any atom is 0.0683 e. The van der Waals surface area contributed by atoms with Gasteiger partial charge >= 0.3 is 0 Å². The third-order valence-corrected chi connectivity index (χ3v) is 2.32. The summed E-state index contributed by atoms with van der Waals surface area (Å²) in [5.74, 6) is 0. The van der Waals surface area contributed by atoms with Gasteiger partial charge in [-0.25, -0.2) is 0 Å². The first-order chi connectivity index (χ1) is 5.77. The Hall–Kier alpha value is -0.160. The SMILES string of the molecule is OCCCN1C[C@H](O)C[C@@H]1CO. The molecule has 0 aromatic heterocycles. The van der Waals surface area contributed by atoms with Crippen LogP contribution in [0.15, 0.2) is 0 Å². The Morgan fingerprint density at radius 3 is 2.67 bits per heavy atom. The van der Waals surface area contributed by atoms with Crippen molar-refractivity contribution in [1.82, 2.24) is 4.90 Å². The van der Waals surface area contributed by atoms with Crippen LogP contribution in [0.1, 0.15) is 12.8 Å². The van der Waals surface area contributed by atoms with E-state index in [0.717, 1.165) is 6.54 Å². The third kappa shape index (κ3) is 2.42. The molecule has 0 aromatic rings. The zero-order valence-electron chi connectivity index (χ0n) is 7.19. The highest BCUT2D eigenvalue weighted by Gasteiger charge is 2.29. The molecule has 1 aliphatic rings. The van der Waals surface area contributed by atoms with Gasteiger partial charge < -0.3 is 15.3 Å². The number of aliphatic hydroxyl groups is 3. The van der Waals surface area contributed by atoms with Crippen molar-refractivity contribution >= 4 is 0 Å². The highest BCUT2D eigenvalue weighted by Crippen LogP contribution is 2.17. The summed E-state index contributed by atoms with van der Waals surface area (Å²) in [5.41, 5.74) is 0. The number of hydrogen-bond acceptors (Lipinski definition) is 4. The van der Waals surface area contributed by atoms with Crippen LogP contribution in [0.25, 0.3) is 0 Å². The van der Waals surface area contributed by atoms with Crippen LogP contribution in [0.4, 0.5) is 0 Å². The van der Waals surface area contributed by atoms with Crippen LogP contribution in [0.2, 0.25) is 0 Å². The normalized spacial score (nSPS) is 31.2. The Bertz CT molecular complexity index is 131. The molecule has 0 aromatic carbocycles. The Kier molecular flexibility index (Phi) is 3.94. The minimum Gasteiger partial charge on any atom is -0.396 e. The van der Waals surface area contributed by atoms with Gasteiger partial charge in [0.15, 0.2) is 0 Å². The molecule has 0 bridgehead atoms. The molecule has 0 unspecified atom stereocenters. The molecule has 1 saturated heterocycles. The van der Waals surface area contributed by atoms with Gasteiger partial charge in [0.1, 0.15) is 0 Å². The van der Waals surface area contributed by atoms with E-state index in [9.17, 15) is 5.11 Å². The molecule has 1 aliphatic heterocycles. The van der Waals surface area contributed by atoms with Crippen LogP contribution in [0.5, 0.6) is 0 Å². The first-order valence-corrected chi connectivity index (χ1v) is 4.41. The fourth-order valence-electron chi connectivity index (χ4n) is 1.70. The predicted octanol–water partition coefficient (Wildman–Crippen LogP) is -1.20. The summed E-state index contributed by atoms with van der Waals surface area (Å²) >= 11 is 0. The van der Waals surface area contributed by atoms with E-state index in [1.54, 1.807) is 0 Å². The smallest absolute Gasteiger partial charge is 0.0683 e. The largest absolute Gasteiger partial charge is 0.396 e. The molecular weight excluding hydrogens is 158 g/mol. The minimum absolute atomic E-state index is 0.0894. The molecule has 72 valence electrons. The molecule has 0 amide bonds. The molecule has 4 heteroatoms. The van der Waals surface area contributed by atoms with Crippen LogP contribution in [-0.4, -0.2) is 58.7 Å². The fourth-order valence-corrected chi connectivity index (χ4v) is 1.70. The monoisotopic (exact) mass is 175 g/mol. The lowest BCUT2D eigenvalue weighted by molar-refractivity contribution is 0.145. The summed E-state index contributed by atoms with van der Waals surface area (Å²) in [6, 6.07) is 0.0894. The van der Waals surface area contributed by atoms with Gasteiger partial charge in [0.05, 0.1) is 12.7 Å². The van der Waals surface area contributed by atoms with E-state index in [1.807, 2.05) is 4.90 Å². The van der Waals surface area contributed by atoms with E-state index in [1.165, 1.54) is 0 Å². The lowest BCUT2D eigenvalue weighted by Gasteiger charge is -2.21. The molecule has 4 nitrogen and oxygen atoms in total. The summed E-state index contributed by atoms with van der Waals surface area (Å²) < 4.78 is 0. The molecule has 0 spiro atoms. The van der Waals surface area contributed by atoms with E-state index in [2.05, 4.69) is 0 Å². The quantitative estimate of drug-likeness (QED) is 0.502. The highest BCUT2D eigenvalue weighted by atomic mass is 16.3. The van der Waals surface area contributed by atoms with Crippen LogP contribution in [0.3, 0.4) is 0 Å².